The van der Waals surface area contributed by atoms with Crippen LogP contribution in [0.3, 0.4) is 0 Å². The van der Waals surface area contributed by atoms with Crippen molar-refractivity contribution < 1.29 is 14.3 Å². The summed E-state index contributed by atoms with van der Waals surface area (Å²) in [6, 6.07) is 4.86. The van der Waals surface area contributed by atoms with Crippen molar-refractivity contribution in [2.45, 2.75) is 0 Å². The van der Waals surface area contributed by atoms with Crippen molar-refractivity contribution in [2.75, 3.05) is 19.6 Å². The van der Waals surface area contributed by atoms with Crippen LogP contribution in [0.2, 0.25) is 0 Å². The number of esters is 1. The van der Waals surface area contributed by atoms with E-state index >= 15 is 0 Å². The van der Waals surface area contributed by atoms with Crippen LogP contribution in [0.4, 0.5) is 5.69 Å². The molecule has 1 rings (SSSR count). The molecule has 0 aliphatic rings. The number of hydrazine groups is 1. The minimum Gasteiger partial charge on any atom is -0.497 e. The maximum atomic E-state index is 11.2. The van der Waals surface area contributed by atoms with Gasteiger partial charge in [-0.2, -0.15) is 0 Å². The fourth-order valence-electron chi connectivity index (χ4n) is 1.06. The molecule has 0 aliphatic heterocycles. The predicted molar refractivity (Wildman–Crippen MR) is 52.1 cm³/mol. The Labute approximate surface area is 81.8 Å². The number of rotatable bonds is 3. The zero-order valence-corrected chi connectivity index (χ0v) is 8.03. The second kappa shape index (κ2) is 4.48. The Balaban J connectivity index is 3.11. The molecule has 0 amide bonds. The summed E-state index contributed by atoms with van der Waals surface area (Å²) in [6.07, 6.45) is 0. The first-order valence-corrected chi connectivity index (χ1v) is 3.96. The van der Waals surface area contributed by atoms with E-state index in [1.165, 1.54) is 14.2 Å². The number of anilines is 1. The molecular weight excluding hydrogens is 184 g/mol. The molecule has 1 aromatic rings. The summed E-state index contributed by atoms with van der Waals surface area (Å²) < 4.78 is 9.55. The number of carbonyl (C=O) groups is 1. The summed E-state index contributed by atoms with van der Waals surface area (Å²) in [5, 5.41) is 0. The molecule has 0 radical (unpaired) electrons. The summed E-state index contributed by atoms with van der Waals surface area (Å²) in [5.41, 5.74) is 3.24. The van der Waals surface area contributed by atoms with Gasteiger partial charge in [-0.05, 0) is 12.1 Å². The van der Waals surface area contributed by atoms with Crippen molar-refractivity contribution in [1.29, 1.82) is 0 Å². The Kier molecular flexibility index (Phi) is 3.30. The summed E-state index contributed by atoms with van der Waals surface area (Å²) in [6.45, 7) is 0. The molecule has 0 heterocycles. The molecule has 14 heavy (non-hydrogen) atoms. The molecule has 0 atom stereocenters. The average molecular weight is 196 g/mol. The van der Waals surface area contributed by atoms with Gasteiger partial charge in [0.1, 0.15) is 5.75 Å². The lowest BCUT2D eigenvalue weighted by molar-refractivity contribution is 0.0602. The standard InChI is InChI=1S/C9H12N2O3/c1-13-6-3-4-7(9(12)14-2)8(5-6)11-10/h3-5,11H,10H2,1-2H3. The van der Waals surface area contributed by atoms with Crippen LogP contribution in [0.5, 0.6) is 5.75 Å². The van der Waals surface area contributed by atoms with E-state index in [1.807, 2.05) is 0 Å². The molecule has 0 saturated heterocycles. The third-order valence-corrected chi connectivity index (χ3v) is 1.79. The molecule has 0 aliphatic carbocycles. The Hall–Kier alpha value is -1.75. The zero-order chi connectivity index (χ0) is 10.6. The predicted octanol–water partition coefficient (Wildman–Crippen LogP) is 0.767. The Morgan fingerprint density at radius 2 is 2.14 bits per heavy atom. The third-order valence-electron chi connectivity index (χ3n) is 1.79. The average Bonchev–Trinajstić information content (AvgIpc) is 2.27. The van der Waals surface area contributed by atoms with E-state index in [0.717, 1.165) is 0 Å². The van der Waals surface area contributed by atoms with Crippen LogP contribution in [-0.2, 0) is 4.74 Å². The van der Waals surface area contributed by atoms with Crippen LogP contribution >= 0.6 is 0 Å². The van der Waals surface area contributed by atoms with Crippen LogP contribution < -0.4 is 16.0 Å². The van der Waals surface area contributed by atoms with Gasteiger partial charge in [-0.3, -0.25) is 5.84 Å². The minimum absolute atomic E-state index is 0.371. The monoisotopic (exact) mass is 196 g/mol. The van der Waals surface area contributed by atoms with Crippen molar-refractivity contribution in [2.24, 2.45) is 5.84 Å². The summed E-state index contributed by atoms with van der Waals surface area (Å²) >= 11 is 0. The molecule has 76 valence electrons. The number of hydrogen-bond donors (Lipinski definition) is 2. The molecular formula is C9H12N2O3. The molecule has 5 nitrogen and oxygen atoms in total. The number of benzene rings is 1. The Morgan fingerprint density at radius 1 is 1.43 bits per heavy atom. The van der Waals surface area contributed by atoms with Crippen molar-refractivity contribution in [1.82, 2.24) is 0 Å². The maximum Gasteiger partial charge on any atom is 0.340 e. The van der Waals surface area contributed by atoms with E-state index < -0.39 is 5.97 Å². The summed E-state index contributed by atoms with van der Waals surface area (Å²) in [7, 11) is 2.85. The molecule has 1 aromatic carbocycles. The second-order valence-electron chi connectivity index (χ2n) is 2.55. The van der Waals surface area contributed by atoms with E-state index in [4.69, 9.17) is 10.6 Å². The second-order valence-corrected chi connectivity index (χ2v) is 2.55. The summed E-state index contributed by atoms with van der Waals surface area (Å²) in [5.74, 6) is 5.43. The number of methoxy groups -OCH3 is 2. The van der Waals surface area contributed by atoms with Gasteiger partial charge in [0.05, 0.1) is 25.5 Å². The highest BCUT2D eigenvalue weighted by Crippen LogP contribution is 2.22. The van der Waals surface area contributed by atoms with Gasteiger partial charge in [-0.1, -0.05) is 0 Å². The molecule has 0 spiro atoms. The Bertz CT molecular complexity index is 339. The van der Waals surface area contributed by atoms with E-state index in [0.29, 0.717) is 17.0 Å². The Morgan fingerprint density at radius 3 is 2.64 bits per heavy atom. The number of nitrogens with one attached hydrogen (secondary N) is 1. The fourth-order valence-corrected chi connectivity index (χ4v) is 1.06. The van der Waals surface area contributed by atoms with Crippen LogP contribution in [0.15, 0.2) is 18.2 Å². The van der Waals surface area contributed by atoms with E-state index in [2.05, 4.69) is 10.2 Å². The van der Waals surface area contributed by atoms with Gasteiger partial charge in [-0.15, -0.1) is 0 Å². The first-order chi connectivity index (χ1) is 6.72. The smallest absolute Gasteiger partial charge is 0.340 e. The maximum absolute atomic E-state index is 11.2. The van der Waals surface area contributed by atoms with Crippen molar-refractivity contribution >= 4 is 11.7 Å². The van der Waals surface area contributed by atoms with Gasteiger partial charge < -0.3 is 14.9 Å². The van der Waals surface area contributed by atoms with Gasteiger partial charge in [-0.25, -0.2) is 4.79 Å². The van der Waals surface area contributed by atoms with Crippen LogP contribution in [0.1, 0.15) is 10.4 Å². The van der Waals surface area contributed by atoms with Crippen LogP contribution in [0.25, 0.3) is 0 Å². The molecule has 0 bridgehead atoms. The first kappa shape index (κ1) is 10.3. The first-order valence-electron chi connectivity index (χ1n) is 3.96. The third kappa shape index (κ3) is 1.94. The molecule has 0 saturated carbocycles. The van der Waals surface area contributed by atoms with Crippen LogP contribution in [-0.4, -0.2) is 20.2 Å². The van der Waals surface area contributed by atoms with Crippen molar-refractivity contribution in [3.05, 3.63) is 23.8 Å². The number of ether oxygens (including phenoxy) is 2. The van der Waals surface area contributed by atoms with Gasteiger partial charge in [0.25, 0.3) is 0 Å². The highest BCUT2D eigenvalue weighted by atomic mass is 16.5. The molecule has 0 fully saturated rings. The lowest BCUT2D eigenvalue weighted by atomic mass is 10.2. The van der Waals surface area contributed by atoms with Gasteiger partial charge in [0.15, 0.2) is 0 Å². The van der Waals surface area contributed by atoms with Gasteiger partial charge in [0, 0.05) is 6.07 Å². The largest absolute Gasteiger partial charge is 0.497 e. The van der Waals surface area contributed by atoms with Gasteiger partial charge >= 0.3 is 5.97 Å². The van der Waals surface area contributed by atoms with Crippen molar-refractivity contribution in [3.8, 4) is 5.75 Å². The van der Waals surface area contributed by atoms with Crippen LogP contribution in [0, 0.1) is 0 Å². The molecule has 3 N–H and O–H groups in total. The number of nitrogen functional groups attached to an aromatic ring is 1. The zero-order valence-electron chi connectivity index (χ0n) is 8.03. The molecule has 0 aromatic heterocycles. The lowest BCUT2D eigenvalue weighted by Crippen LogP contribution is -2.13. The van der Waals surface area contributed by atoms with E-state index in [9.17, 15) is 4.79 Å². The minimum atomic E-state index is -0.444. The highest BCUT2D eigenvalue weighted by Gasteiger charge is 2.11. The van der Waals surface area contributed by atoms with E-state index in [-0.39, 0.29) is 0 Å². The van der Waals surface area contributed by atoms with Gasteiger partial charge in [0.2, 0.25) is 0 Å². The highest BCUT2D eigenvalue weighted by molar-refractivity contribution is 5.95. The topological polar surface area (TPSA) is 73.6 Å². The molecule has 5 heteroatoms. The normalized spacial score (nSPS) is 9.36. The van der Waals surface area contributed by atoms with Crippen molar-refractivity contribution in [3.63, 3.8) is 0 Å². The number of carbonyl (C=O) groups excluding carboxylic acids is 1. The summed E-state index contributed by atoms with van der Waals surface area (Å²) in [4.78, 5) is 11.2. The quantitative estimate of drug-likeness (QED) is 0.424. The fraction of sp³-hybridized carbons (Fsp3) is 0.222. The SMILES string of the molecule is COC(=O)c1ccc(OC)cc1NN. The number of nitrogens with two attached hydrogens (primary N) is 1. The molecule has 0 unspecified atom stereocenters. The lowest BCUT2D eigenvalue weighted by Gasteiger charge is -2.08. The number of hydrogen-bond acceptors (Lipinski definition) is 5. The van der Waals surface area contributed by atoms with E-state index in [1.54, 1.807) is 18.2 Å².